The molecule has 0 radical (unpaired) electrons. The number of thiazole rings is 1. The third kappa shape index (κ3) is 5.26. The van der Waals surface area contributed by atoms with Gasteiger partial charge in [-0.05, 0) is 61.9 Å². The molecule has 1 N–H and O–H groups in total. The minimum absolute atomic E-state index is 0.00619. The number of benzene rings is 2. The third-order valence-electron chi connectivity index (χ3n) is 4.00. The number of carbonyl (C=O) groups is 1. The second-order valence-electron chi connectivity index (χ2n) is 6.05. The molecule has 0 unspecified atom stereocenters. The average molecular weight is 409 g/mol. The number of aryl methyl sites for hydroxylation is 1. The number of hydrogen-bond donors (Lipinski definition) is 1. The fraction of sp³-hybridized carbons (Fsp3) is 0.143. The number of amides is 1. The van der Waals surface area contributed by atoms with Crippen molar-refractivity contribution >= 4 is 34.1 Å². The Morgan fingerprint density at radius 2 is 1.90 bits per heavy atom. The fourth-order valence-electron chi connectivity index (χ4n) is 2.62. The van der Waals surface area contributed by atoms with E-state index in [1.54, 1.807) is 18.2 Å². The predicted molar refractivity (Wildman–Crippen MR) is 114 cm³/mol. The second kappa shape index (κ2) is 9.11. The smallest absolute Gasteiger partial charge is 0.269 e. The normalized spacial score (nSPS) is 10.8. The minimum Gasteiger partial charge on any atom is -0.494 e. The Kier molecular flexibility index (Phi) is 6.36. The number of rotatable bonds is 7. The molecule has 7 nitrogen and oxygen atoms in total. The lowest BCUT2D eigenvalue weighted by atomic mass is 10.1. The highest BCUT2D eigenvalue weighted by Gasteiger charge is 2.11. The molecule has 29 heavy (non-hydrogen) atoms. The Labute approximate surface area is 171 Å². The van der Waals surface area contributed by atoms with Gasteiger partial charge in [0.15, 0.2) is 5.13 Å². The van der Waals surface area contributed by atoms with Crippen LogP contribution in [0.2, 0.25) is 0 Å². The first-order chi connectivity index (χ1) is 14.0. The van der Waals surface area contributed by atoms with Gasteiger partial charge in [-0.3, -0.25) is 20.2 Å². The summed E-state index contributed by atoms with van der Waals surface area (Å²) in [7, 11) is 0. The Morgan fingerprint density at radius 1 is 1.21 bits per heavy atom. The van der Waals surface area contributed by atoms with Gasteiger partial charge in [0.05, 0.1) is 17.2 Å². The number of nitrogens with zero attached hydrogens (tertiary/aromatic N) is 2. The fourth-order valence-corrected chi connectivity index (χ4v) is 3.46. The molecule has 148 valence electrons. The van der Waals surface area contributed by atoms with Crippen LogP contribution in [0.1, 0.15) is 17.4 Å². The van der Waals surface area contributed by atoms with Crippen molar-refractivity contribution in [2.24, 2.45) is 0 Å². The molecule has 0 fully saturated rings. The molecule has 0 spiro atoms. The van der Waals surface area contributed by atoms with Crippen LogP contribution >= 0.6 is 11.3 Å². The van der Waals surface area contributed by atoms with Crippen LogP contribution in [0.25, 0.3) is 17.3 Å². The molecule has 1 aromatic heterocycles. The van der Waals surface area contributed by atoms with Gasteiger partial charge in [0.2, 0.25) is 5.91 Å². The largest absolute Gasteiger partial charge is 0.494 e. The van der Waals surface area contributed by atoms with Gasteiger partial charge < -0.3 is 4.74 Å². The van der Waals surface area contributed by atoms with Crippen molar-refractivity contribution in [3.05, 3.63) is 75.2 Å². The van der Waals surface area contributed by atoms with E-state index in [1.165, 1.54) is 29.5 Å². The molecular weight excluding hydrogens is 390 g/mol. The summed E-state index contributed by atoms with van der Waals surface area (Å²) in [4.78, 5) is 27.9. The zero-order chi connectivity index (χ0) is 20.8. The van der Waals surface area contributed by atoms with Crippen molar-refractivity contribution in [3.8, 4) is 17.0 Å². The van der Waals surface area contributed by atoms with Gasteiger partial charge in [0, 0.05) is 28.6 Å². The molecule has 0 atom stereocenters. The van der Waals surface area contributed by atoms with Crippen molar-refractivity contribution in [3.63, 3.8) is 0 Å². The molecule has 2 aromatic carbocycles. The summed E-state index contributed by atoms with van der Waals surface area (Å²) in [5.74, 6) is 0.476. The highest BCUT2D eigenvalue weighted by molar-refractivity contribution is 7.16. The Bertz CT molecular complexity index is 1040. The number of nitrogens with one attached hydrogen (secondary N) is 1. The number of aromatic nitrogens is 1. The summed E-state index contributed by atoms with van der Waals surface area (Å²) >= 11 is 1.40. The first-order valence-electron chi connectivity index (χ1n) is 8.90. The van der Waals surface area contributed by atoms with Crippen LogP contribution in [0.3, 0.4) is 0 Å². The SMILES string of the molecule is CCOc1ccc(-c2nc(NC(=O)C=Cc3ccc([N+](=O)[O-])cc3)sc2C)cc1. The molecule has 3 rings (SSSR count). The van der Waals surface area contributed by atoms with Gasteiger partial charge >= 0.3 is 0 Å². The van der Waals surface area contributed by atoms with Crippen molar-refractivity contribution in [2.45, 2.75) is 13.8 Å². The molecule has 0 saturated carbocycles. The molecule has 1 heterocycles. The maximum absolute atomic E-state index is 12.2. The number of ether oxygens (including phenoxy) is 1. The average Bonchev–Trinajstić information content (AvgIpc) is 3.07. The molecule has 0 aliphatic carbocycles. The van der Waals surface area contributed by atoms with Crippen LogP contribution < -0.4 is 10.1 Å². The topological polar surface area (TPSA) is 94.4 Å². The van der Waals surface area contributed by atoms with Gasteiger partial charge in [0.25, 0.3) is 5.69 Å². The Hall–Kier alpha value is -3.52. The van der Waals surface area contributed by atoms with Crippen LogP contribution in [-0.4, -0.2) is 22.4 Å². The van der Waals surface area contributed by atoms with Gasteiger partial charge in [-0.25, -0.2) is 4.98 Å². The number of nitro groups is 1. The number of carbonyl (C=O) groups excluding carboxylic acids is 1. The molecule has 1 amide bonds. The monoisotopic (exact) mass is 409 g/mol. The number of non-ortho nitro benzene ring substituents is 1. The standard InChI is InChI=1S/C21H19N3O4S/c1-3-28-18-11-7-16(8-12-18)20-14(2)29-21(23-20)22-19(25)13-6-15-4-9-17(10-5-15)24(26)27/h4-13H,3H2,1-2H3,(H,22,23,25). The summed E-state index contributed by atoms with van der Waals surface area (Å²) < 4.78 is 5.45. The number of hydrogen-bond acceptors (Lipinski definition) is 6. The van der Waals surface area contributed by atoms with E-state index >= 15 is 0 Å². The lowest BCUT2D eigenvalue weighted by molar-refractivity contribution is -0.384. The zero-order valence-corrected chi connectivity index (χ0v) is 16.7. The summed E-state index contributed by atoms with van der Waals surface area (Å²) in [5, 5.41) is 13.9. The zero-order valence-electron chi connectivity index (χ0n) is 15.9. The highest BCUT2D eigenvalue weighted by atomic mass is 32.1. The molecular formula is C21H19N3O4S. The first kappa shape index (κ1) is 20.2. The van der Waals surface area contributed by atoms with Crippen molar-refractivity contribution in [2.75, 3.05) is 11.9 Å². The van der Waals surface area contributed by atoms with Crippen LogP contribution in [0.4, 0.5) is 10.8 Å². The maximum atomic E-state index is 12.2. The van der Waals surface area contributed by atoms with E-state index in [9.17, 15) is 14.9 Å². The van der Waals surface area contributed by atoms with Gasteiger partial charge in [-0.15, -0.1) is 11.3 Å². The first-order valence-corrected chi connectivity index (χ1v) is 9.72. The summed E-state index contributed by atoms with van der Waals surface area (Å²) in [6, 6.07) is 13.6. The quantitative estimate of drug-likeness (QED) is 0.334. The van der Waals surface area contributed by atoms with E-state index in [4.69, 9.17) is 4.74 Å². The number of anilines is 1. The van der Waals surface area contributed by atoms with E-state index in [-0.39, 0.29) is 11.6 Å². The van der Waals surface area contributed by atoms with Crippen LogP contribution in [0.15, 0.2) is 54.6 Å². The maximum Gasteiger partial charge on any atom is 0.269 e. The lowest BCUT2D eigenvalue weighted by Gasteiger charge is -2.03. The molecule has 0 aliphatic heterocycles. The lowest BCUT2D eigenvalue weighted by Crippen LogP contribution is -2.07. The minimum atomic E-state index is -0.465. The van der Waals surface area contributed by atoms with Gasteiger partial charge in [0.1, 0.15) is 5.75 Å². The molecule has 8 heteroatoms. The van der Waals surface area contributed by atoms with Crippen LogP contribution in [0, 0.1) is 17.0 Å². The van der Waals surface area contributed by atoms with Crippen molar-refractivity contribution in [1.29, 1.82) is 0 Å². The van der Waals surface area contributed by atoms with Crippen LogP contribution in [-0.2, 0) is 4.79 Å². The molecule has 0 bridgehead atoms. The van der Waals surface area contributed by atoms with Crippen LogP contribution in [0.5, 0.6) is 5.75 Å². The molecule has 3 aromatic rings. The van der Waals surface area contributed by atoms with E-state index in [2.05, 4.69) is 10.3 Å². The Morgan fingerprint density at radius 3 is 2.52 bits per heavy atom. The highest BCUT2D eigenvalue weighted by Crippen LogP contribution is 2.31. The third-order valence-corrected chi connectivity index (χ3v) is 4.88. The van der Waals surface area contributed by atoms with E-state index in [1.807, 2.05) is 38.1 Å². The van der Waals surface area contributed by atoms with E-state index in [0.717, 1.165) is 21.9 Å². The summed E-state index contributed by atoms with van der Waals surface area (Å²) in [6.07, 6.45) is 2.96. The summed E-state index contributed by atoms with van der Waals surface area (Å²) in [6.45, 7) is 4.49. The second-order valence-corrected chi connectivity index (χ2v) is 7.26. The number of nitro benzene ring substituents is 1. The van der Waals surface area contributed by atoms with Gasteiger partial charge in [-0.1, -0.05) is 0 Å². The van der Waals surface area contributed by atoms with E-state index in [0.29, 0.717) is 17.3 Å². The van der Waals surface area contributed by atoms with Crippen molar-refractivity contribution < 1.29 is 14.5 Å². The van der Waals surface area contributed by atoms with Crippen molar-refractivity contribution in [1.82, 2.24) is 4.98 Å². The van der Waals surface area contributed by atoms with E-state index < -0.39 is 4.92 Å². The Balaban J connectivity index is 1.66. The molecule has 0 aliphatic rings. The predicted octanol–water partition coefficient (Wildman–Crippen LogP) is 5.08. The molecule has 0 saturated heterocycles. The van der Waals surface area contributed by atoms with Gasteiger partial charge in [-0.2, -0.15) is 0 Å². The summed E-state index contributed by atoms with van der Waals surface area (Å²) in [5.41, 5.74) is 2.46.